The number of nitrogens with zero attached hydrogens (tertiary/aromatic N) is 1. The van der Waals surface area contributed by atoms with E-state index >= 15 is 0 Å². The summed E-state index contributed by atoms with van der Waals surface area (Å²) >= 11 is 0. The van der Waals surface area contributed by atoms with Crippen LogP contribution in [0.3, 0.4) is 0 Å². The predicted molar refractivity (Wildman–Crippen MR) is 43.4 cm³/mol. The van der Waals surface area contributed by atoms with E-state index in [1.165, 1.54) is 0 Å². The van der Waals surface area contributed by atoms with Crippen molar-refractivity contribution in [2.45, 2.75) is 30.9 Å². The zero-order valence-electron chi connectivity index (χ0n) is 6.99. The summed E-state index contributed by atoms with van der Waals surface area (Å²) in [6.07, 6.45) is 2.01. The van der Waals surface area contributed by atoms with E-state index in [1.54, 1.807) is 0 Å². The number of hydrogen-bond donors (Lipinski definition) is 2. The second kappa shape index (κ2) is 2.44. The predicted octanol–water partition coefficient (Wildman–Crippen LogP) is -0.929. The summed E-state index contributed by atoms with van der Waals surface area (Å²) in [5.41, 5.74) is 4.84. The van der Waals surface area contributed by atoms with Crippen LogP contribution >= 0.6 is 0 Å². The lowest BCUT2D eigenvalue weighted by atomic mass is 9.93. The third-order valence-corrected chi connectivity index (χ3v) is 3.09. The maximum absolute atomic E-state index is 11.2. The van der Waals surface area contributed by atoms with Crippen LogP contribution in [0.1, 0.15) is 19.3 Å². The van der Waals surface area contributed by atoms with Crippen LogP contribution in [0.4, 0.5) is 0 Å². The van der Waals surface area contributed by atoms with Crippen molar-refractivity contribution in [2.75, 3.05) is 13.1 Å². The normalized spacial score (nSPS) is 41.6. The van der Waals surface area contributed by atoms with Crippen LogP contribution in [0.5, 0.6) is 0 Å². The van der Waals surface area contributed by atoms with Crippen LogP contribution in [-0.2, 0) is 4.79 Å². The molecule has 0 bridgehead atoms. The van der Waals surface area contributed by atoms with Crippen molar-refractivity contribution < 1.29 is 9.90 Å². The Kier molecular flexibility index (Phi) is 1.63. The first-order chi connectivity index (χ1) is 5.65. The van der Waals surface area contributed by atoms with Gasteiger partial charge in [0.2, 0.25) is 5.91 Å². The molecule has 0 aromatic rings. The molecule has 2 fully saturated rings. The number of carbonyl (C=O) groups is 1. The number of β-amino-alcohol motifs (C(OH)–C–C–N with tert-alkyl or cyclic N) is 1. The van der Waals surface area contributed by atoms with E-state index in [2.05, 4.69) is 0 Å². The zero-order chi connectivity index (χ0) is 8.77. The van der Waals surface area contributed by atoms with Crippen LogP contribution < -0.4 is 5.73 Å². The molecule has 0 aromatic carbocycles. The average molecular weight is 170 g/mol. The highest BCUT2D eigenvalue weighted by atomic mass is 16.3. The summed E-state index contributed by atoms with van der Waals surface area (Å²) in [5, 5.41) is 9.40. The lowest BCUT2D eigenvalue weighted by molar-refractivity contribution is -0.127. The van der Waals surface area contributed by atoms with Gasteiger partial charge in [-0.2, -0.15) is 0 Å². The van der Waals surface area contributed by atoms with Crippen molar-refractivity contribution in [3.63, 3.8) is 0 Å². The van der Waals surface area contributed by atoms with Gasteiger partial charge >= 0.3 is 0 Å². The number of nitrogens with two attached hydrogens (primary N) is 1. The largest absolute Gasteiger partial charge is 0.392 e. The van der Waals surface area contributed by atoms with Crippen molar-refractivity contribution >= 4 is 5.91 Å². The lowest BCUT2D eigenvalue weighted by Crippen LogP contribution is -2.49. The Balaban J connectivity index is 2.26. The van der Waals surface area contributed by atoms with Crippen LogP contribution in [-0.4, -0.2) is 40.6 Å². The molecule has 2 saturated heterocycles. The molecule has 2 rings (SSSR count). The van der Waals surface area contributed by atoms with Crippen LogP contribution in [0.2, 0.25) is 0 Å². The number of aliphatic hydroxyl groups excluding tert-OH is 1. The smallest absolute Gasteiger partial charge is 0.238 e. The molecule has 2 aliphatic rings. The number of primary amides is 1. The molecular weight excluding hydrogens is 156 g/mol. The number of amides is 1. The minimum Gasteiger partial charge on any atom is -0.392 e. The zero-order valence-corrected chi connectivity index (χ0v) is 6.99. The Bertz CT molecular complexity index is 219. The summed E-state index contributed by atoms with van der Waals surface area (Å²) in [6, 6.07) is 0. The van der Waals surface area contributed by atoms with Crippen molar-refractivity contribution in [2.24, 2.45) is 5.73 Å². The van der Waals surface area contributed by atoms with Gasteiger partial charge in [-0.3, -0.25) is 9.69 Å². The molecule has 0 aromatic heterocycles. The van der Waals surface area contributed by atoms with Gasteiger partial charge in [-0.1, -0.05) is 0 Å². The van der Waals surface area contributed by atoms with Crippen molar-refractivity contribution in [1.82, 2.24) is 4.90 Å². The topological polar surface area (TPSA) is 66.6 Å². The van der Waals surface area contributed by atoms with Crippen molar-refractivity contribution in [3.05, 3.63) is 0 Å². The fourth-order valence-electron chi connectivity index (χ4n) is 2.52. The number of carbonyl (C=O) groups excluding carboxylic acids is 1. The maximum Gasteiger partial charge on any atom is 0.238 e. The highest BCUT2D eigenvalue weighted by molar-refractivity contribution is 5.85. The van der Waals surface area contributed by atoms with Crippen LogP contribution in [0.25, 0.3) is 0 Å². The molecule has 3 N–H and O–H groups in total. The van der Waals surface area contributed by atoms with Gasteiger partial charge < -0.3 is 10.8 Å². The first-order valence-electron chi connectivity index (χ1n) is 4.38. The first kappa shape index (κ1) is 8.01. The second-order valence-electron chi connectivity index (χ2n) is 3.80. The van der Waals surface area contributed by atoms with Gasteiger partial charge in [-0.25, -0.2) is 0 Å². The summed E-state index contributed by atoms with van der Waals surface area (Å²) in [6.45, 7) is 1.52. The van der Waals surface area contributed by atoms with E-state index in [4.69, 9.17) is 5.73 Å². The summed E-state index contributed by atoms with van der Waals surface area (Å²) in [7, 11) is 0. The molecule has 0 saturated carbocycles. The molecule has 4 heteroatoms. The molecule has 0 unspecified atom stereocenters. The van der Waals surface area contributed by atoms with E-state index in [-0.39, 0.29) is 12.0 Å². The van der Waals surface area contributed by atoms with Crippen LogP contribution in [0, 0.1) is 0 Å². The van der Waals surface area contributed by atoms with Gasteiger partial charge in [0.15, 0.2) is 0 Å². The fourth-order valence-corrected chi connectivity index (χ4v) is 2.52. The molecule has 0 radical (unpaired) electrons. The van der Waals surface area contributed by atoms with Gasteiger partial charge in [0, 0.05) is 13.0 Å². The third-order valence-electron chi connectivity index (χ3n) is 3.09. The average Bonchev–Trinajstić information content (AvgIpc) is 2.42. The molecule has 0 aliphatic carbocycles. The number of hydrogen-bond acceptors (Lipinski definition) is 3. The Labute approximate surface area is 71.3 Å². The molecular formula is C8H14N2O2. The van der Waals surface area contributed by atoms with E-state index in [1.807, 2.05) is 4.90 Å². The molecule has 68 valence electrons. The van der Waals surface area contributed by atoms with E-state index in [0.29, 0.717) is 13.0 Å². The molecule has 2 atom stereocenters. The molecule has 12 heavy (non-hydrogen) atoms. The highest BCUT2D eigenvalue weighted by Crippen LogP contribution is 2.38. The van der Waals surface area contributed by atoms with Gasteiger partial charge in [-0.15, -0.1) is 0 Å². The monoisotopic (exact) mass is 170 g/mol. The minimum absolute atomic E-state index is 0.267. The van der Waals surface area contributed by atoms with Crippen LogP contribution in [0.15, 0.2) is 0 Å². The maximum atomic E-state index is 11.2. The van der Waals surface area contributed by atoms with Gasteiger partial charge in [0.25, 0.3) is 0 Å². The minimum atomic E-state index is -0.501. The lowest BCUT2D eigenvalue weighted by Gasteiger charge is -2.27. The third kappa shape index (κ3) is 0.881. The Morgan fingerprint density at radius 1 is 1.67 bits per heavy atom. The molecule has 4 nitrogen and oxygen atoms in total. The van der Waals surface area contributed by atoms with Gasteiger partial charge in [0.05, 0.1) is 6.10 Å². The summed E-state index contributed by atoms with van der Waals surface area (Å²) in [4.78, 5) is 13.2. The molecule has 1 amide bonds. The number of fused-ring (bicyclic) bond motifs is 1. The van der Waals surface area contributed by atoms with E-state index in [9.17, 15) is 9.90 Å². The highest BCUT2D eigenvalue weighted by Gasteiger charge is 2.52. The Hall–Kier alpha value is -0.610. The number of rotatable bonds is 1. The van der Waals surface area contributed by atoms with Gasteiger partial charge in [0.1, 0.15) is 5.54 Å². The Morgan fingerprint density at radius 3 is 3.00 bits per heavy atom. The molecule has 0 spiro atoms. The summed E-state index contributed by atoms with van der Waals surface area (Å²) < 4.78 is 0. The number of aliphatic hydroxyl groups is 1. The van der Waals surface area contributed by atoms with Crippen molar-refractivity contribution in [3.8, 4) is 0 Å². The molecule has 2 aliphatic heterocycles. The van der Waals surface area contributed by atoms with Crippen molar-refractivity contribution in [1.29, 1.82) is 0 Å². The Morgan fingerprint density at radius 2 is 2.42 bits per heavy atom. The standard InChI is InChI=1S/C8H14N2O2/c9-7(12)8-2-1-3-10(8)5-6(11)4-8/h6,11H,1-5H2,(H2,9,12)/t6-,8+/m0/s1. The SMILES string of the molecule is NC(=O)[C@]12CCCN1C[C@@H](O)C2. The first-order valence-corrected chi connectivity index (χ1v) is 4.38. The van der Waals surface area contributed by atoms with E-state index < -0.39 is 5.54 Å². The fraction of sp³-hybridized carbons (Fsp3) is 0.875. The summed E-state index contributed by atoms with van der Waals surface area (Å²) in [5.74, 6) is -0.267. The van der Waals surface area contributed by atoms with E-state index in [0.717, 1.165) is 19.4 Å². The second-order valence-corrected chi connectivity index (χ2v) is 3.80. The molecule has 2 heterocycles. The quantitative estimate of drug-likeness (QED) is 0.534. The van der Waals surface area contributed by atoms with Gasteiger partial charge in [-0.05, 0) is 19.4 Å².